The Kier molecular flexibility index (Phi) is 5.45. The van der Waals surface area contributed by atoms with Crippen molar-refractivity contribution in [3.63, 3.8) is 0 Å². The third-order valence-corrected chi connectivity index (χ3v) is 5.34. The number of nitro benzene ring substituents is 1. The summed E-state index contributed by atoms with van der Waals surface area (Å²) in [5, 5.41) is 22.7. The monoisotopic (exact) mass is 449 g/mol. The summed E-state index contributed by atoms with van der Waals surface area (Å²) in [6.45, 7) is 0. The second kappa shape index (κ2) is 8.87. The van der Waals surface area contributed by atoms with Gasteiger partial charge >= 0.3 is 0 Å². The first-order chi connectivity index (χ1) is 16.6. The zero-order chi connectivity index (χ0) is 23.5. The van der Waals surface area contributed by atoms with Crippen molar-refractivity contribution in [3.8, 4) is 5.88 Å². The van der Waals surface area contributed by atoms with Crippen molar-refractivity contribution < 1.29 is 10.0 Å². The SMILES string of the molecule is O=[N+]([O-])c1ccc2[nH]c(O)c(C(=Nc3cccc(/C=C/c4cnc[nH]4)c3)c3ccccc3)c2c1. The van der Waals surface area contributed by atoms with E-state index in [4.69, 9.17) is 4.99 Å². The molecular weight excluding hydrogens is 430 g/mol. The third kappa shape index (κ3) is 4.20. The van der Waals surface area contributed by atoms with Gasteiger partial charge in [0.2, 0.25) is 0 Å². The fourth-order valence-corrected chi connectivity index (χ4v) is 3.75. The molecule has 166 valence electrons. The number of nitrogens with one attached hydrogen (secondary N) is 2. The molecule has 5 aromatic rings. The number of imidazole rings is 1. The lowest BCUT2D eigenvalue weighted by Gasteiger charge is -2.08. The number of aromatic nitrogens is 3. The summed E-state index contributed by atoms with van der Waals surface area (Å²) < 4.78 is 0. The van der Waals surface area contributed by atoms with Crippen LogP contribution in [0.3, 0.4) is 0 Å². The Morgan fingerprint density at radius 1 is 1.03 bits per heavy atom. The fraction of sp³-hybridized carbons (Fsp3) is 0. The first-order valence-corrected chi connectivity index (χ1v) is 10.5. The molecule has 0 aliphatic carbocycles. The number of aromatic amines is 2. The molecule has 0 radical (unpaired) electrons. The average molecular weight is 449 g/mol. The molecule has 2 heterocycles. The number of nitrogens with zero attached hydrogens (tertiary/aromatic N) is 3. The van der Waals surface area contributed by atoms with Gasteiger partial charge in [0.25, 0.3) is 5.69 Å². The summed E-state index contributed by atoms with van der Waals surface area (Å²) in [4.78, 5) is 25.7. The van der Waals surface area contributed by atoms with Crippen LogP contribution >= 0.6 is 0 Å². The Balaban J connectivity index is 1.66. The van der Waals surface area contributed by atoms with Gasteiger partial charge in [-0.15, -0.1) is 0 Å². The quantitative estimate of drug-likeness (QED) is 0.171. The van der Waals surface area contributed by atoms with E-state index in [1.807, 2.05) is 66.7 Å². The van der Waals surface area contributed by atoms with Gasteiger partial charge in [-0.2, -0.15) is 0 Å². The molecule has 0 spiro atoms. The van der Waals surface area contributed by atoms with E-state index in [2.05, 4.69) is 15.0 Å². The molecule has 0 amide bonds. The number of nitro groups is 1. The van der Waals surface area contributed by atoms with Crippen molar-refractivity contribution in [2.75, 3.05) is 0 Å². The van der Waals surface area contributed by atoms with E-state index in [0.717, 1.165) is 16.8 Å². The van der Waals surface area contributed by atoms with Crippen molar-refractivity contribution in [3.05, 3.63) is 118 Å². The van der Waals surface area contributed by atoms with Gasteiger partial charge in [-0.1, -0.05) is 48.5 Å². The number of fused-ring (bicyclic) bond motifs is 1. The van der Waals surface area contributed by atoms with E-state index in [1.165, 1.54) is 12.1 Å². The second-order valence-corrected chi connectivity index (χ2v) is 7.60. The van der Waals surface area contributed by atoms with Crippen molar-refractivity contribution in [2.45, 2.75) is 0 Å². The maximum atomic E-state index is 11.4. The molecule has 8 heteroatoms. The van der Waals surface area contributed by atoms with Crippen LogP contribution in [0.1, 0.15) is 22.4 Å². The van der Waals surface area contributed by atoms with Gasteiger partial charge in [0.1, 0.15) is 0 Å². The number of H-pyrrole nitrogens is 2. The van der Waals surface area contributed by atoms with Crippen LogP contribution in [0.5, 0.6) is 5.88 Å². The lowest BCUT2D eigenvalue weighted by molar-refractivity contribution is -0.384. The van der Waals surface area contributed by atoms with Gasteiger partial charge in [-0.3, -0.25) is 10.1 Å². The van der Waals surface area contributed by atoms with Gasteiger partial charge in [-0.05, 0) is 29.8 Å². The van der Waals surface area contributed by atoms with E-state index in [-0.39, 0.29) is 11.6 Å². The molecule has 0 atom stereocenters. The first kappa shape index (κ1) is 20.9. The Bertz CT molecular complexity index is 1530. The highest BCUT2D eigenvalue weighted by Gasteiger charge is 2.20. The van der Waals surface area contributed by atoms with Gasteiger partial charge in [-0.25, -0.2) is 9.98 Å². The van der Waals surface area contributed by atoms with Crippen molar-refractivity contribution in [2.24, 2.45) is 4.99 Å². The Hall–Kier alpha value is -4.98. The van der Waals surface area contributed by atoms with Crippen molar-refractivity contribution in [1.82, 2.24) is 15.0 Å². The largest absolute Gasteiger partial charge is 0.494 e. The number of aromatic hydroxyl groups is 1. The molecule has 0 unspecified atom stereocenters. The summed E-state index contributed by atoms with van der Waals surface area (Å²) in [7, 11) is 0. The maximum absolute atomic E-state index is 11.4. The molecule has 0 aliphatic rings. The number of non-ortho nitro benzene ring substituents is 1. The topological polar surface area (TPSA) is 120 Å². The molecule has 0 saturated heterocycles. The van der Waals surface area contributed by atoms with Crippen LogP contribution in [-0.2, 0) is 0 Å². The first-order valence-electron chi connectivity index (χ1n) is 10.5. The molecule has 3 N–H and O–H groups in total. The highest BCUT2D eigenvalue weighted by atomic mass is 16.6. The molecule has 0 saturated carbocycles. The highest BCUT2D eigenvalue weighted by molar-refractivity contribution is 6.22. The van der Waals surface area contributed by atoms with E-state index in [0.29, 0.717) is 27.9 Å². The predicted octanol–water partition coefficient (Wildman–Crippen LogP) is 5.84. The van der Waals surface area contributed by atoms with Crippen LogP contribution in [0.4, 0.5) is 11.4 Å². The summed E-state index contributed by atoms with van der Waals surface area (Å²) >= 11 is 0. The standard InChI is InChI=1S/C26H19N5O3/c32-26-24(22-14-21(31(33)34)11-12-23(22)30-26)25(18-6-2-1-3-7-18)29-19-8-4-5-17(13-19)9-10-20-15-27-16-28-20/h1-16,30,32H,(H,27,28)/b10-9+,29-25?. The smallest absolute Gasteiger partial charge is 0.270 e. The van der Waals surface area contributed by atoms with Crippen LogP contribution in [0.2, 0.25) is 0 Å². The molecule has 2 aromatic heterocycles. The van der Waals surface area contributed by atoms with Crippen LogP contribution in [0.25, 0.3) is 23.1 Å². The average Bonchev–Trinajstić information content (AvgIpc) is 3.49. The number of aliphatic imine (C=N–C) groups is 1. The summed E-state index contributed by atoms with van der Waals surface area (Å²) in [5.74, 6) is -0.103. The fourth-order valence-electron chi connectivity index (χ4n) is 3.75. The molecule has 8 nitrogen and oxygen atoms in total. The van der Waals surface area contributed by atoms with Crippen LogP contribution < -0.4 is 0 Å². The predicted molar refractivity (Wildman–Crippen MR) is 132 cm³/mol. The van der Waals surface area contributed by atoms with Gasteiger partial charge in [0.15, 0.2) is 5.88 Å². The van der Waals surface area contributed by atoms with Crippen molar-refractivity contribution in [1.29, 1.82) is 0 Å². The zero-order valence-electron chi connectivity index (χ0n) is 17.8. The van der Waals surface area contributed by atoms with Gasteiger partial charge < -0.3 is 15.1 Å². The molecule has 0 bridgehead atoms. The zero-order valence-corrected chi connectivity index (χ0v) is 17.8. The number of hydrogen-bond acceptors (Lipinski definition) is 5. The molecule has 0 aliphatic heterocycles. The number of rotatable bonds is 6. The minimum absolute atomic E-state index is 0.0638. The van der Waals surface area contributed by atoms with E-state index >= 15 is 0 Å². The molecule has 3 aromatic carbocycles. The lowest BCUT2D eigenvalue weighted by Crippen LogP contribution is -2.03. The third-order valence-electron chi connectivity index (χ3n) is 5.34. The van der Waals surface area contributed by atoms with E-state index in [9.17, 15) is 15.2 Å². The molecule has 34 heavy (non-hydrogen) atoms. The molecule has 5 rings (SSSR count). The Morgan fingerprint density at radius 3 is 2.65 bits per heavy atom. The van der Waals surface area contributed by atoms with Crippen molar-refractivity contribution >= 4 is 40.1 Å². The van der Waals surface area contributed by atoms with Crippen LogP contribution in [0.15, 0.2) is 90.3 Å². The van der Waals surface area contributed by atoms with Crippen LogP contribution in [0, 0.1) is 10.1 Å². The number of benzene rings is 3. The Labute approximate surface area is 194 Å². The normalized spacial score (nSPS) is 11.9. The maximum Gasteiger partial charge on any atom is 0.270 e. The Morgan fingerprint density at radius 2 is 1.88 bits per heavy atom. The minimum Gasteiger partial charge on any atom is -0.494 e. The summed E-state index contributed by atoms with van der Waals surface area (Å²) in [5.41, 5.74) is 4.67. The van der Waals surface area contributed by atoms with E-state index in [1.54, 1.807) is 18.6 Å². The summed E-state index contributed by atoms with van der Waals surface area (Å²) in [6.07, 6.45) is 7.20. The second-order valence-electron chi connectivity index (χ2n) is 7.60. The molecule has 0 fully saturated rings. The lowest BCUT2D eigenvalue weighted by atomic mass is 10.0. The number of hydrogen-bond donors (Lipinski definition) is 3. The van der Waals surface area contributed by atoms with Gasteiger partial charge in [0.05, 0.1) is 40.1 Å². The summed E-state index contributed by atoms with van der Waals surface area (Å²) in [6, 6.07) is 21.5. The van der Waals surface area contributed by atoms with Gasteiger partial charge in [0, 0.05) is 28.6 Å². The van der Waals surface area contributed by atoms with E-state index < -0.39 is 4.92 Å². The minimum atomic E-state index is -0.456. The van der Waals surface area contributed by atoms with Crippen LogP contribution in [-0.4, -0.2) is 30.7 Å². The molecular formula is C26H19N5O3. The highest BCUT2D eigenvalue weighted by Crippen LogP contribution is 2.33.